The van der Waals surface area contributed by atoms with Crippen molar-refractivity contribution in [1.82, 2.24) is 9.55 Å². The second-order valence-corrected chi connectivity index (χ2v) is 8.34. The zero-order valence-corrected chi connectivity index (χ0v) is 19.8. The minimum Gasteiger partial charge on any atom is -0.449 e. The molecule has 0 saturated carbocycles. The van der Waals surface area contributed by atoms with E-state index in [-0.39, 0.29) is 5.91 Å². The Balaban J connectivity index is 1.66. The Hall–Kier alpha value is -4.17. The van der Waals surface area contributed by atoms with Gasteiger partial charge in [-0.05, 0) is 41.8 Å². The van der Waals surface area contributed by atoms with Gasteiger partial charge in [-0.25, -0.2) is 20.6 Å². The van der Waals surface area contributed by atoms with Crippen LogP contribution in [0.15, 0.2) is 66.7 Å². The smallest absolute Gasteiger partial charge is 0.449 e. The van der Waals surface area contributed by atoms with E-state index in [0.29, 0.717) is 23.5 Å². The van der Waals surface area contributed by atoms with Crippen molar-refractivity contribution in [2.75, 3.05) is 5.01 Å². The molecule has 1 heterocycles. The van der Waals surface area contributed by atoms with Crippen molar-refractivity contribution in [3.8, 4) is 16.9 Å². The number of rotatable bonds is 8. The van der Waals surface area contributed by atoms with E-state index in [1.807, 2.05) is 54.6 Å². The highest BCUT2D eigenvalue weighted by Crippen LogP contribution is 2.31. The van der Waals surface area contributed by atoms with Crippen LogP contribution in [0, 0.1) is 0 Å². The Kier molecular flexibility index (Phi) is 7.12. The number of anilines is 1. The zero-order chi connectivity index (χ0) is 24.9. The molecule has 35 heavy (non-hydrogen) atoms. The summed E-state index contributed by atoms with van der Waals surface area (Å²) in [4.78, 5) is 27.6. The summed E-state index contributed by atoms with van der Waals surface area (Å²) in [5.74, 6) is 6.92. The molecule has 0 fully saturated rings. The molecule has 8 nitrogen and oxygen atoms in total. The lowest BCUT2D eigenvalue weighted by molar-refractivity contribution is -0.116. The molecule has 0 atom stereocenters. The molecule has 0 aliphatic rings. The van der Waals surface area contributed by atoms with E-state index in [4.69, 9.17) is 20.7 Å². The normalized spacial score (nSPS) is 10.9. The molecule has 0 unspecified atom stereocenters. The van der Waals surface area contributed by atoms with Gasteiger partial charge in [-0.15, -0.1) is 0 Å². The van der Waals surface area contributed by atoms with Crippen molar-refractivity contribution >= 4 is 28.8 Å². The number of hydrazine groups is 1. The van der Waals surface area contributed by atoms with Gasteiger partial charge in [0.1, 0.15) is 11.6 Å². The first-order valence-electron chi connectivity index (χ1n) is 11.5. The minimum atomic E-state index is -1.34. The van der Waals surface area contributed by atoms with Crippen LogP contribution in [-0.2, 0) is 17.8 Å². The van der Waals surface area contributed by atoms with E-state index in [1.54, 1.807) is 12.1 Å². The quantitative estimate of drug-likeness (QED) is 0.117. The fourth-order valence-electron chi connectivity index (χ4n) is 4.06. The number of hydrogen-bond donors (Lipinski definition) is 2. The summed E-state index contributed by atoms with van der Waals surface area (Å²) < 4.78 is 7.12. The number of aromatic nitrogens is 2. The number of benzene rings is 3. The molecule has 4 aromatic rings. The number of hydrogen-bond acceptors (Lipinski definition) is 5. The highest BCUT2D eigenvalue weighted by Gasteiger charge is 2.15. The predicted molar refractivity (Wildman–Crippen MR) is 135 cm³/mol. The van der Waals surface area contributed by atoms with E-state index in [1.165, 1.54) is 6.92 Å². The number of ether oxygens (including phenoxy) is 1. The number of amides is 1. The van der Waals surface area contributed by atoms with Crippen molar-refractivity contribution in [1.29, 1.82) is 0 Å². The zero-order valence-electron chi connectivity index (χ0n) is 19.8. The molecule has 0 saturated heterocycles. The van der Waals surface area contributed by atoms with E-state index < -0.39 is 6.16 Å². The molecule has 0 radical (unpaired) electrons. The first-order valence-corrected chi connectivity index (χ1v) is 11.5. The Morgan fingerprint density at radius 2 is 1.83 bits per heavy atom. The van der Waals surface area contributed by atoms with Crippen LogP contribution in [0.3, 0.4) is 0 Å². The molecule has 1 aromatic heterocycles. The van der Waals surface area contributed by atoms with Crippen LogP contribution in [0.2, 0.25) is 0 Å². The second kappa shape index (κ2) is 10.4. The molecule has 4 rings (SSSR count). The van der Waals surface area contributed by atoms with Crippen LogP contribution in [-0.4, -0.2) is 26.7 Å². The van der Waals surface area contributed by atoms with E-state index in [9.17, 15) is 9.59 Å². The Morgan fingerprint density at radius 1 is 1.09 bits per heavy atom. The summed E-state index contributed by atoms with van der Waals surface area (Å²) in [6.07, 6.45) is 1.58. The molecule has 1 amide bonds. The number of carbonyl (C=O) groups excluding carboxylic acids is 1. The highest BCUT2D eigenvalue weighted by atomic mass is 16.7. The summed E-state index contributed by atoms with van der Waals surface area (Å²) in [6.45, 7) is 4.20. The number of carboxylic acid groups (broad SMARTS) is 1. The topological polar surface area (TPSA) is 111 Å². The number of nitrogens with zero attached hydrogens (tertiary/aromatic N) is 3. The largest absolute Gasteiger partial charge is 0.511 e. The number of carbonyl (C=O) groups is 2. The maximum absolute atomic E-state index is 11.7. The SMILES string of the molecule is CCCCc1nc2cc(N(N)C(C)=O)ccc2n1Cc1ccc(-c2ccccc2OC(=O)O)cc1. The van der Waals surface area contributed by atoms with Crippen LogP contribution >= 0.6 is 0 Å². The van der Waals surface area contributed by atoms with Gasteiger partial charge in [0.05, 0.1) is 16.7 Å². The van der Waals surface area contributed by atoms with Gasteiger partial charge in [0, 0.05) is 25.5 Å². The third-order valence-electron chi connectivity index (χ3n) is 5.87. The Bertz CT molecular complexity index is 1360. The number of nitrogens with two attached hydrogens (primary N) is 1. The number of fused-ring (bicyclic) bond motifs is 1. The lowest BCUT2D eigenvalue weighted by atomic mass is 10.0. The van der Waals surface area contributed by atoms with Gasteiger partial charge in [0.25, 0.3) is 0 Å². The van der Waals surface area contributed by atoms with Gasteiger partial charge in [-0.1, -0.05) is 55.8 Å². The monoisotopic (exact) mass is 472 g/mol. The number of para-hydroxylation sites is 1. The van der Waals surface area contributed by atoms with Crippen molar-refractivity contribution in [3.63, 3.8) is 0 Å². The molecule has 0 spiro atoms. The van der Waals surface area contributed by atoms with Gasteiger partial charge < -0.3 is 14.4 Å². The van der Waals surface area contributed by atoms with Crippen LogP contribution in [0.25, 0.3) is 22.2 Å². The molecule has 3 N–H and O–H groups in total. The molecule has 180 valence electrons. The highest BCUT2D eigenvalue weighted by molar-refractivity contribution is 5.92. The van der Waals surface area contributed by atoms with Crippen molar-refractivity contribution in [3.05, 3.63) is 78.1 Å². The lowest BCUT2D eigenvalue weighted by Crippen LogP contribution is -2.35. The van der Waals surface area contributed by atoms with Crippen LogP contribution < -0.4 is 15.6 Å². The number of imidazole rings is 1. The standard InChI is InChI=1S/C27H28N4O4/c1-3-4-9-26-29-23-16-21(31(28)18(2)32)14-15-24(23)30(26)17-19-10-12-20(13-11-19)22-7-5-6-8-25(22)35-27(33)34/h5-8,10-16H,3-4,9,17,28H2,1-2H3,(H,33,34). The summed E-state index contributed by atoms with van der Waals surface area (Å²) >= 11 is 0. The van der Waals surface area contributed by atoms with Gasteiger partial charge in [-0.2, -0.15) is 0 Å². The molecule has 0 aliphatic heterocycles. The summed E-state index contributed by atoms with van der Waals surface area (Å²) in [5, 5.41) is 10.1. The maximum Gasteiger partial charge on any atom is 0.511 e. The van der Waals surface area contributed by atoms with E-state index in [2.05, 4.69) is 11.5 Å². The van der Waals surface area contributed by atoms with Crippen LogP contribution in [0.1, 0.15) is 38.1 Å². The average Bonchev–Trinajstić information content (AvgIpc) is 3.19. The van der Waals surface area contributed by atoms with Gasteiger partial charge in [0.2, 0.25) is 5.91 Å². The van der Waals surface area contributed by atoms with Gasteiger partial charge in [-0.3, -0.25) is 4.79 Å². The number of aryl methyl sites for hydroxylation is 1. The summed E-state index contributed by atoms with van der Waals surface area (Å²) in [7, 11) is 0. The van der Waals surface area contributed by atoms with Crippen molar-refractivity contribution < 1.29 is 19.4 Å². The summed E-state index contributed by atoms with van der Waals surface area (Å²) in [5.41, 5.74) is 5.02. The number of unbranched alkanes of at least 4 members (excludes halogenated alkanes) is 1. The molecular weight excluding hydrogens is 444 g/mol. The van der Waals surface area contributed by atoms with Crippen molar-refractivity contribution in [2.45, 2.75) is 39.7 Å². The van der Waals surface area contributed by atoms with Crippen LogP contribution in [0.4, 0.5) is 10.5 Å². The lowest BCUT2D eigenvalue weighted by Gasteiger charge is -2.14. The Labute approximate surface area is 203 Å². The van der Waals surface area contributed by atoms with Gasteiger partial charge in [0.15, 0.2) is 0 Å². The summed E-state index contributed by atoms with van der Waals surface area (Å²) in [6, 6.07) is 20.6. The minimum absolute atomic E-state index is 0.245. The third-order valence-corrected chi connectivity index (χ3v) is 5.87. The second-order valence-electron chi connectivity index (χ2n) is 8.34. The van der Waals surface area contributed by atoms with Crippen molar-refractivity contribution in [2.24, 2.45) is 5.84 Å². The molecule has 3 aromatic carbocycles. The Morgan fingerprint density at radius 3 is 2.51 bits per heavy atom. The molecular formula is C27H28N4O4. The maximum atomic E-state index is 11.7. The fraction of sp³-hybridized carbons (Fsp3) is 0.222. The predicted octanol–water partition coefficient (Wildman–Crippen LogP) is 5.38. The van der Waals surface area contributed by atoms with E-state index >= 15 is 0 Å². The van der Waals surface area contributed by atoms with E-state index in [0.717, 1.165) is 52.3 Å². The first kappa shape index (κ1) is 24.0. The third kappa shape index (κ3) is 5.33. The van der Waals surface area contributed by atoms with Crippen LogP contribution in [0.5, 0.6) is 5.75 Å². The molecule has 8 heteroatoms. The van der Waals surface area contributed by atoms with Gasteiger partial charge >= 0.3 is 6.16 Å². The molecule has 0 bridgehead atoms. The average molecular weight is 473 g/mol. The molecule has 0 aliphatic carbocycles. The fourth-order valence-corrected chi connectivity index (χ4v) is 4.06. The first-order chi connectivity index (χ1) is 16.9.